The number of carbonyl (C=O) groups is 1. The lowest BCUT2D eigenvalue weighted by atomic mass is 9.75. The first-order valence-corrected chi connectivity index (χ1v) is 9.49. The first-order chi connectivity index (χ1) is 13.3. The van der Waals surface area contributed by atoms with Gasteiger partial charge in [-0.2, -0.15) is 5.26 Å². The van der Waals surface area contributed by atoms with Gasteiger partial charge in [0, 0.05) is 5.41 Å². The number of nitriles is 1. The molecule has 0 N–H and O–H groups in total. The van der Waals surface area contributed by atoms with Crippen molar-refractivity contribution in [2.75, 3.05) is 13.7 Å². The van der Waals surface area contributed by atoms with Gasteiger partial charge in [0.25, 0.3) is 0 Å². The third-order valence-electron chi connectivity index (χ3n) is 5.28. The summed E-state index contributed by atoms with van der Waals surface area (Å²) in [5, 5.41) is 9.77. The van der Waals surface area contributed by atoms with Crippen LogP contribution in [-0.4, -0.2) is 19.7 Å². The topological polar surface area (TPSA) is 59.3 Å². The van der Waals surface area contributed by atoms with Crippen molar-refractivity contribution >= 4 is 23.1 Å². The highest BCUT2D eigenvalue weighted by Crippen LogP contribution is 2.45. The van der Waals surface area contributed by atoms with E-state index in [1.54, 1.807) is 26.2 Å². The van der Waals surface area contributed by atoms with Crippen LogP contribution >= 0.6 is 11.6 Å². The molecule has 0 aliphatic heterocycles. The molecule has 4 nitrogen and oxygen atoms in total. The Morgan fingerprint density at radius 1 is 1.25 bits per heavy atom. The fourth-order valence-electron chi connectivity index (χ4n) is 3.69. The SMILES string of the molecule is CCOC(=O)C1=C(C(C)(C)c2ccc(Cl)c(OC)c2)Cc2cc(C#N)ccc21. The first kappa shape index (κ1) is 20.0. The van der Waals surface area contributed by atoms with E-state index in [9.17, 15) is 10.1 Å². The zero-order valence-corrected chi connectivity index (χ0v) is 17.2. The van der Waals surface area contributed by atoms with Crippen LogP contribution in [0.25, 0.3) is 5.57 Å². The number of allylic oxidation sites excluding steroid dienone is 1. The van der Waals surface area contributed by atoms with E-state index >= 15 is 0 Å². The van der Waals surface area contributed by atoms with Crippen LogP contribution in [0.15, 0.2) is 42.0 Å². The molecule has 0 fully saturated rings. The number of nitrogens with zero attached hydrogens (tertiary/aromatic N) is 1. The lowest BCUT2D eigenvalue weighted by Crippen LogP contribution is -2.23. The van der Waals surface area contributed by atoms with Crippen molar-refractivity contribution < 1.29 is 14.3 Å². The molecule has 0 spiro atoms. The van der Waals surface area contributed by atoms with Crippen LogP contribution in [-0.2, 0) is 21.4 Å². The van der Waals surface area contributed by atoms with Crippen LogP contribution in [0.3, 0.4) is 0 Å². The summed E-state index contributed by atoms with van der Waals surface area (Å²) < 4.78 is 10.7. The van der Waals surface area contributed by atoms with Gasteiger partial charge < -0.3 is 9.47 Å². The number of esters is 1. The molecule has 5 heteroatoms. The van der Waals surface area contributed by atoms with E-state index in [-0.39, 0.29) is 5.97 Å². The lowest BCUT2D eigenvalue weighted by molar-refractivity contribution is -0.136. The minimum Gasteiger partial charge on any atom is -0.495 e. The van der Waals surface area contributed by atoms with Gasteiger partial charge in [-0.1, -0.05) is 37.6 Å². The van der Waals surface area contributed by atoms with E-state index in [1.807, 2.05) is 24.3 Å². The summed E-state index contributed by atoms with van der Waals surface area (Å²) in [6.45, 7) is 6.24. The van der Waals surface area contributed by atoms with Gasteiger partial charge >= 0.3 is 5.97 Å². The van der Waals surface area contributed by atoms with Gasteiger partial charge in [-0.3, -0.25) is 0 Å². The predicted molar refractivity (Wildman–Crippen MR) is 109 cm³/mol. The number of rotatable bonds is 5. The van der Waals surface area contributed by atoms with Gasteiger partial charge in [0.1, 0.15) is 5.75 Å². The summed E-state index contributed by atoms with van der Waals surface area (Å²) in [6, 6.07) is 13.2. The molecule has 2 aromatic rings. The molecule has 144 valence electrons. The molecule has 3 rings (SSSR count). The third kappa shape index (κ3) is 3.39. The molecule has 28 heavy (non-hydrogen) atoms. The Kier molecular flexibility index (Phi) is 5.49. The minimum absolute atomic E-state index is 0.302. The summed E-state index contributed by atoms with van der Waals surface area (Å²) in [5.41, 5.74) is 4.44. The second-order valence-corrected chi connectivity index (χ2v) is 7.62. The molecule has 0 amide bonds. The number of fused-ring (bicyclic) bond motifs is 1. The van der Waals surface area contributed by atoms with E-state index in [0.717, 1.165) is 22.3 Å². The monoisotopic (exact) mass is 395 g/mol. The van der Waals surface area contributed by atoms with E-state index in [1.165, 1.54) is 0 Å². The Bertz CT molecular complexity index is 1010. The van der Waals surface area contributed by atoms with Gasteiger partial charge in [0.05, 0.1) is 35.9 Å². The van der Waals surface area contributed by atoms with E-state index in [4.69, 9.17) is 21.1 Å². The molecule has 0 heterocycles. The van der Waals surface area contributed by atoms with Gasteiger partial charge in [-0.05, 0) is 59.9 Å². The summed E-state index contributed by atoms with van der Waals surface area (Å²) in [5.74, 6) is 0.253. The number of hydrogen-bond donors (Lipinski definition) is 0. The van der Waals surface area contributed by atoms with Crippen molar-refractivity contribution in [3.63, 3.8) is 0 Å². The molecule has 2 aromatic carbocycles. The number of ether oxygens (including phenoxy) is 2. The van der Waals surface area contributed by atoms with E-state index in [2.05, 4.69) is 19.9 Å². The third-order valence-corrected chi connectivity index (χ3v) is 5.59. The number of methoxy groups -OCH3 is 1. The lowest BCUT2D eigenvalue weighted by Gasteiger charge is -2.29. The first-order valence-electron chi connectivity index (χ1n) is 9.11. The maximum atomic E-state index is 12.8. The van der Waals surface area contributed by atoms with Crippen molar-refractivity contribution in [2.45, 2.75) is 32.6 Å². The molecule has 0 aromatic heterocycles. The summed E-state index contributed by atoms with van der Waals surface area (Å²) in [4.78, 5) is 12.8. The van der Waals surface area contributed by atoms with Crippen LogP contribution in [0, 0.1) is 11.3 Å². The second kappa shape index (κ2) is 7.69. The van der Waals surface area contributed by atoms with Crippen LogP contribution in [0.2, 0.25) is 5.02 Å². The molecule has 0 saturated carbocycles. The Morgan fingerprint density at radius 3 is 2.64 bits per heavy atom. The summed E-state index contributed by atoms with van der Waals surface area (Å²) in [6.07, 6.45) is 0.580. The molecule has 0 radical (unpaired) electrons. The van der Waals surface area contributed by atoms with Gasteiger partial charge in [0.15, 0.2) is 0 Å². The normalized spacial score (nSPS) is 13.1. The van der Waals surface area contributed by atoms with Crippen LogP contribution in [0.4, 0.5) is 0 Å². The average molecular weight is 396 g/mol. The maximum absolute atomic E-state index is 12.8. The fourth-order valence-corrected chi connectivity index (χ4v) is 3.88. The molecular weight excluding hydrogens is 374 g/mol. The smallest absolute Gasteiger partial charge is 0.338 e. The van der Waals surface area contributed by atoms with Crippen molar-refractivity contribution in [3.8, 4) is 11.8 Å². The van der Waals surface area contributed by atoms with Crippen molar-refractivity contribution in [1.82, 2.24) is 0 Å². The standard InChI is InChI=1S/C23H22ClNO3/c1-5-28-22(26)21-17-8-6-14(13-25)10-15(17)11-18(21)23(2,3)16-7-9-19(24)20(12-16)27-4/h6-10,12H,5,11H2,1-4H3. The van der Waals surface area contributed by atoms with E-state index < -0.39 is 5.41 Å². The molecular formula is C23H22ClNO3. The Labute approximate surface area is 170 Å². The zero-order valence-electron chi connectivity index (χ0n) is 16.4. The zero-order chi connectivity index (χ0) is 20.5. The highest BCUT2D eigenvalue weighted by atomic mass is 35.5. The molecule has 0 saturated heterocycles. The number of halogens is 1. The molecule has 0 bridgehead atoms. The summed E-state index contributed by atoms with van der Waals surface area (Å²) in [7, 11) is 1.58. The van der Waals surface area contributed by atoms with Crippen molar-refractivity contribution in [3.05, 3.63) is 69.2 Å². The fraction of sp³-hybridized carbons (Fsp3) is 0.304. The number of hydrogen-bond acceptors (Lipinski definition) is 4. The quantitative estimate of drug-likeness (QED) is 0.663. The number of carbonyl (C=O) groups excluding carboxylic acids is 1. The maximum Gasteiger partial charge on any atom is 0.338 e. The Morgan fingerprint density at radius 2 is 2.00 bits per heavy atom. The van der Waals surface area contributed by atoms with Crippen LogP contribution in [0.5, 0.6) is 5.75 Å². The molecule has 0 unspecified atom stereocenters. The van der Waals surface area contributed by atoms with Gasteiger partial charge in [-0.25, -0.2) is 4.79 Å². The average Bonchev–Trinajstić information content (AvgIpc) is 3.07. The van der Waals surface area contributed by atoms with Gasteiger partial charge in [-0.15, -0.1) is 0 Å². The van der Waals surface area contributed by atoms with Gasteiger partial charge in [0.2, 0.25) is 0 Å². The second-order valence-electron chi connectivity index (χ2n) is 7.21. The Hall–Kier alpha value is -2.77. The largest absolute Gasteiger partial charge is 0.495 e. The van der Waals surface area contributed by atoms with E-state index in [0.29, 0.717) is 34.9 Å². The predicted octanol–water partition coefficient (Wildman–Crippen LogP) is 5.07. The molecule has 1 aliphatic rings. The molecule has 0 atom stereocenters. The highest BCUT2D eigenvalue weighted by molar-refractivity contribution is 6.32. The minimum atomic E-state index is -0.466. The van der Waals surface area contributed by atoms with Crippen LogP contribution in [0.1, 0.15) is 43.0 Å². The highest BCUT2D eigenvalue weighted by Gasteiger charge is 2.37. The van der Waals surface area contributed by atoms with Crippen molar-refractivity contribution in [1.29, 1.82) is 5.26 Å². The van der Waals surface area contributed by atoms with Crippen LogP contribution < -0.4 is 4.74 Å². The number of benzene rings is 2. The molecule has 1 aliphatic carbocycles. The van der Waals surface area contributed by atoms with Crippen molar-refractivity contribution in [2.24, 2.45) is 0 Å². The summed E-state index contributed by atoms with van der Waals surface area (Å²) >= 11 is 6.19. The Balaban J connectivity index is 2.17.